The number of carbonyl (C=O) groups is 1. The van der Waals surface area contributed by atoms with E-state index in [1.807, 2.05) is 11.8 Å². The van der Waals surface area contributed by atoms with E-state index in [0.29, 0.717) is 18.3 Å². The maximum atomic E-state index is 11.1. The molecule has 1 fully saturated rings. The standard InChI is InChI=1S/C14H21N3O3/c1-2-7-20-13-8-12(15-10-16-13)17(9-14(18)19)11-5-3-4-6-11/h8,10-11H,2-7,9H2,1H3,(H,18,19). The quantitative estimate of drug-likeness (QED) is 0.823. The van der Waals surface area contributed by atoms with Crippen LogP contribution in [-0.4, -0.2) is 40.2 Å². The lowest BCUT2D eigenvalue weighted by Gasteiger charge is -2.28. The zero-order chi connectivity index (χ0) is 14.4. The zero-order valence-electron chi connectivity index (χ0n) is 11.8. The lowest BCUT2D eigenvalue weighted by Crippen LogP contribution is -2.38. The first kappa shape index (κ1) is 14.6. The smallest absolute Gasteiger partial charge is 0.323 e. The highest BCUT2D eigenvalue weighted by Crippen LogP contribution is 2.28. The molecule has 1 saturated carbocycles. The van der Waals surface area contributed by atoms with Gasteiger partial charge in [0, 0.05) is 12.1 Å². The largest absolute Gasteiger partial charge is 0.480 e. The van der Waals surface area contributed by atoms with Crippen LogP contribution < -0.4 is 9.64 Å². The number of carboxylic acid groups (broad SMARTS) is 1. The summed E-state index contributed by atoms with van der Waals surface area (Å²) in [6.07, 6.45) is 6.66. The van der Waals surface area contributed by atoms with Crippen LogP contribution in [0.2, 0.25) is 0 Å². The Labute approximate surface area is 118 Å². The van der Waals surface area contributed by atoms with Gasteiger partial charge in [-0.05, 0) is 19.3 Å². The van der Waals surface area contributed by atoms with Crippen molar-refractivity contribution in [2.45, 2.75) is 45.1 Å². The number of aliphatic carboxylic acids is 1. The third-order valence-corrected chi connectivity index (χ3v) is 3.45. The molecule has 0 unspecified atom stereocenters. The number of hydrogen-bond acceptors (Lipinski definition) is 5. The molecule has 0 saturated heterocycles. The van der Waals surface area contributed by atoms with Gasteiger partial charge in [0.25, 0.3) is 0 Å². The van der Waals surface area contributed by atoms with Crippen molar-refractivity contribution >= 4 is 11.8 Å². The van der Waals surface area contributed by atoms with Crippen molar-refractivity contribution < 1.29 is 14.6 Å². The van der Waals surface area contributed by atoms with Crippen molar-refractivity contribution in [3.8, 4) is 5.88 Å². The lowest BCUT2D eigenvalue weighted by molar-refractivity contribution is -0.135. The highest BCUT2D eigenvalue weighted by atomic mass is 16.5. The summed E-state index contributed by atoms with van der Waals surface area (Å²) in [5.41, 5.74) is 0. The first-order valence-electron chi connectivity index (χ1n) is 7.14. The van der Waals surface area contributed by atoms with Crippen LogP contribution in [0, 0.1) is 0 Å². The first-order chi connectivity index (χ1) is 9.70. The summed E-state index contributed by atoms with van der Waals surface area (Å²) >= 11 is 0. The van der Waals surface area contributed by atoms with Gasteiger partial charge in [0.1, 0.15) is 18.7 Å². The second-order valence-corrected chi connectivity index (χ2v) is 5.02. The van der Waals surface area contributed by atoms with Crippen LogP contribution in [-0.2, 0) is 4.79 Å². The Morgan fingerprint density at radius 3 is 2.85 bits per heavy atom. The third kappa shape index (κ3) is 3.82. The monoisotopic (exact) mass is 279 g/mol. The van der Waals surface area contributed by atoms with Gasteiger partial charge in [0.15, 0.2) is 0 Å². The fourth-order valence-corrected chi connectivity index (χ4v) is 2.53. The fraction of sp³-hybridized carbons (Fsp3) is 0.643. The van der Waals surface area contributed by atoms with Gasteiger partial charge in [-0.2, -0.15) is 0 Å². The number of carboxylic acids is 1. The van der Waals surface area contributed by atoms with E-state index in [2.05, 4.69) is 9.97 Å². The summed E-state index contributed by atoms with van der Waals surface area (Å²) in [6.45, 7) is 2.59. The number of aromatic nitrogens is 2. The van der Waals surface area contributed by atoms with Crippen LogP contribution in [0.5, 0.6) is 5.88 Å². The van der Waals surface area contributed by atoms with Gasteiger partial charge in [-0.1, -0.05) is 19.8 Å². The molecule has 1 aromatic heterocycles. The van der Waals surface area contributed by atoms with E-state index >= 15 is 0 Å². The summed E-state index contributed by atoms with van der Waals surface area (Å²) in [5.74, 6) is 0.303. The minimum Gasteiger partial charge on any atom is -0.480 e. The van der Waals surface area contributed by atoms with Crippen molar-refractivity contribution in [2.24, 2.45) is 0 Å². The molecule has 0 atom stereocenters. The summed E-state index contributed by atoms with van der Waals surface area (Å²) in [5, 5.41) is 9.10. The average Bonchev–Trinajstić information content (AvgIpc) is 2.96. The maximum Gasteiger partial charge on any atom is 0.323 e. The van der Waals surface area contributed by atoms with E-state index in [-0.39, 0.29) is 12.6 Å². The third-order valence-electron chi connectivity index (χ3n) is 3.45. The van der Waals surface area contributed by atoms with Crippen LogP contribution in [0.25, 0.3) is 0 Å². The van der Waals surface area contributed by atoms with Gasteiger partial charge in [-0.25, -0.2) is 9.97 Å². The van der Waals surface area contributed by atoms with E-state index in [1.54, 1.807) is 6.07 Å². The first-order valence-corrected chi connectivity index (χ1v) is 7.14. The molecular formula is C14H21N3O3. The molecule has 0 spiro atoms. The molecule has 1 aliphatic carbocycles. The minimum atomic E-state index is -0.841. The average molecular weight is 279 g/mol. The number of anilines is 1. The Kier molecular flexibility index (Phi) is 5.15. The Balaban J connectivity index is 2.16. The molecule has 20 heavy (non-hydrogen) atoms. The van der Waals surface area contributed by atoms with Crippen LogP contribution >= 0.6 is 0 Å². The topological polar surface area (TPSA) is 75.5 Å². The van der Waals surface area contributed by atoms with Gasteiger partial charge in [-0.3, -0.25) is 4.79 Å². The highest BCUT2D eigenvalue weighted by Gasteiger charge is 2.25. The van der Waals surface area contributed by atoms with Crippen LogP contribution in [0.3, 0.4) is 0 Å². The minimum absolute atomic E-state index is 0.0328. The number of ether oxygens (including phenoxy) is 1. The van der Waals surface area contributed by atoms with Gasteiger partial charge in [0.05, 0.1) is 6.61 Å². The lowest BCUT2D eigenvalue weighted by atomic mass is 10.2. The molecule has 0 bridgehead atoms. The van der Waals surface area contributed by atoms with Crippen molar-refractivity contribution in [3.05, 3.63) is 12.4 Å². The summed E-state index contributed by atoms with van der Waals surface area (Å²) < 4.78 is 5.49. The zero-order valence-corrected chi connectivity index (χ0v) is 11.8. The van der Waals surface area contributed by atoms with Gasteiger partial charge in [-0.15, -0.1) is 0 Å². The van der Waals surface area contributed by atoms with Gasteiger partial charge in [0.2, 0.25) is 5.88 Å². The molecule has 1 aromatic rings. The molecular weight excluding hydrogens is 258 g/mol. The second-order valence-electron chi connectivity index (χ2n) is 5.02. The Morgan fingerprint density at radius 2 is 2.20 bits per heavy atom. The Bertz CT molecular complexity index is 447. The number of hydrogen-bond donors (Lipinski definition) is 1. The molecule has 0 aromatic carbocycles. The summed E-state index contributed by atoms with van der Waals surface area (Å²) in [7, 11) is 0. The maximum absolute atomic E-state index is 11.1. The van der Waals surface area contributed by atoms with Crippen molar-refractivity contribution in [3.63, 3.8) is 0 Å². The van der Waals surface area contributed by atoms with Gasteiger partial charge >= 0.3 is 5.97 Å². The van der Waals surface area contributed by atoms with Gasteiger partial charge < -0.3 is 14.7 Å². The predicted molar refractivity (Wildman–Crippen MR) is 75.1 cm³/mol. The van der Waals surface area contributed by atoms with E-state index in [4.69, 9.17) is 9.84 Å². The molecule has 110 valence electrons. The molecule has 0 aliphatic heterocycles. The summed E-state index contributed by atoms with van der Waals surface area (Å²) in [4.78, 5) is 21.2. The Morgan fingerprint density at radius 1 is 1.45 bits per heavy atom. The molecule has 2 rings (SSSR count). The molecule has 1 aliphatic rings. The SMILES string of the molecule is CCCOc1cc(N(CC(=O)O)C2CCCC2)ncn1. The summed E-state index contributed by atoms with van der Waals surface area (Å²) in [6, 6.07) is 1.98. The van der Waals surface area contributed by atoms with Crippen molar-refractivity contribution in [1.29, 1.82) is 0 Å². The highest BCUT2D eigenvalue weighted by molar-refractivity contribution is 5.73. The molecule has 0 radical (unpaired) electrons. The molecule has 6 heteroatoms. The normalized spacial score (nSPS) is 15.2. The molecule has 1 heterocycles. The molecule has 1 N–H and O–H groups in total. The number of nitrogens with zero attached hydrogens (tertiary/aromatic N) is 3. The molecule has 6 nitrogen and oxygen atoms in total. The van der Waals surface area contributed by atoms with Crippen LogP contribution in [0.1, 0.15) is 39.0 Å². The van der Waals surface area contributed by atoms with Crippen LogP contribution in [0.4, 0.5) is 5.82 Å². The fourth-order valence-electron chi connectivity index (χ4n) is 2.53. The number of rotatable bonds is 7. The van der Waals surface area contributed by atoms with E-state index < -0.39 is 5.97 Å². The van der Waals surface area contributed by atoms with E-state index in [1.165, 1.54) is 6.33 Å². The predicted octanol–water partition coefficient (Wildman–Crippen LogP) is 2.10. The molecule has 0 amide bonds. The van der Waals surface area contributed by atoms with Crippen molar-refractivity contribution in [1.82, 2.24) is 9.97 Å². The van der Waals surface area contributed by atoms with Crippen LogP contribution in [0.15, 0.2) is 12.4 Å². The van der Waals surface area contributed by atoms with Crippen molar-refractivity contribution in [2.75, 3.05) is 18.1 Å². The van der Waals surface area contributed by atoms with E-state index in [0.717, 1.165) is 32.1 Å². The Hall–Kier alpha value is -1.85. The second kappa shape index (κ2) is 7.07. The van der Waals surface area contributed by atoms with E-state index in [9.17, 15) is 4.79 Å².